The summed E-state index contributed by atoms with van der Waals surface area (Å²) in [6, 6.07) is 13.4. The number of hydrogen-bond donors (Lipinski definition) is 0. The molecule has 1 unspecified atom stereocenters. The Morgan fingerprint density at radius 3 is 2.43 bits per heavy atom. The third-order valence-electron chi connectivity index (χ3n) is 5.09. The molecule has 0 spiro atoms. The molecule has 2 aliphatic rings. The Bertz CT molecular complexity index is 943. The topological polar surface area (TPSA) is 57.7 Å². The highest BCUT2D eigenvalue weighted by Gasteiger charge is 2.46. The summed E-state index contributed by atoms with van der Waals surface area (Å²) in [6.45, 7) is 0.215. The van der Waals surface area contributed by atoms with Crippen molar-refractivity contribution in [2.24, 2.45) is 5.92 Å². The number of amides is 3. The molecule has 1 saturated heterocycles. The van der Waals surface area contributed by atoms with Crippen molar-refractivity contribution in [3.63, 3.8) is 0 Å². The number of nitrogens with zero attached hydrogens (tertiary/aromatic N) is 2. The van der Waals surface area contributed by atoms with Crippen LogP contribution < -0.4 is 4.90 Å². The van der Waals surface area contributed by atoms with E-state index in [1.54, 1.807) is 30.3 Å². The highest BCUT2D eigenvalue weighted by Crippen LogP contribution is 2.35. The van der Waals surface area contributed by atoms with Crippen LogP contribution in [0.2, 0.25) is 5.02 Å². The number of anilines is 1. The Labute approximate surface area is 176 Å². The van der Waals surface area contributed by atoms with E-state index in [0.29, 0.717) is 10.7 Å². The number of imide groups is 1. The summed E-state index contributed by atoms with van der Waals surface area (Å²) in [5.41, 5.74) is 1.28. The molecule has 0 aromatic heterocycles. The van der Waals surface area contributed by atoms with Gasteiger partial charge in [-0.05, 0) is 48.7 Å². The molecule has 5 nitrogen and oxygen atoms in total. The molecule has 2 aromatic rings. The van der Waals surface area contributed by atoms with E-state index in [1.807, 2.05) is 18.2 Å². The Hall–Kier alpha value is -2.18. The summed E-state index contributed by atoms with van der Waals surface area (Å²) in [7, 11) is 0. The van der Waals surface area contributed by atoms with Crippen molar-refractivity contribution in [1.82, 2.24) is 4.90 Å². The minimum Gasteiger partial charge on any atom is -0.325 e. The van der Waals surface area contributed by atoms with Crippen molar-refractivity contribution in [3.05, 3.63) is 63.6 Å². The summed E-state index contributed by atoms with van der Waals surface area (Å²) in [6.07, 6.45) is 1.63. The van der Waals surface area contributed by atoms with Gasteiger partial charge in [-0.15, -0.1) is 0 Å². The number of benzene rings is 2. The lowest BCUT2D eigenvalue weighted by atomic mass is 10.1. The zero-order chi connectivity index (χ0) is 19.8. The van der Waals surface area contributed by atoms with Crippen LogP contribution in [0.4, 0.5) is 5.69 Å². The second-order valence-corrected chi connectivity index (χ2v) is 8.42. The summed E-state index contributed by atoms with van der Waals surface area (Å²) in [4.78, 5) is 41.4. The largest absolute Gasteiger partial charge is 0.325 e. The van der Waals surface area contributed by atoms with Gasteiger partial charge in [0.2, 0.25) is 11.8 Å². The maximum atomic E-state index is 13.1. The Balaban J connectivity index is 1.63. The Morgan fingerprint density at radius 1 is 1.11 bits per heavy atom. The molecule has 144 valence electrons. The van der Waals surface area contributed by atoms with E-state index in [4.69, 9.17) is 11.6 Å². The number of carbonyl (C=O) groups is 3. The highest BCUT2D eigenvalue weighted by molar-refractivity contribution is 9.10. The van der Waals surface area contributed by atoms with Crippen LogP contribution in [-0.2, 0) is 20.9 Å². The van der Waals surface area contributed by atoms with E-state index in [2.05, 4.69) is 15.9 Å². The molecular weight excluding hydrogens is 444 g/mol. The lowest BCUT2D eigenvalue weighted by Crippen LogP contribution is -2.45. The number of rotatable bonds is 5. The number of halogens is 2. The number of carbonyl (C=O) groups excluding carboxylic acids is 3. The van der Waals surface area contributed by atoms with Gasteiger partial charge in [0.25, 0.3) is 5.91 Å². The first-order chi connectivity index (χ1) is 13.5. The molecule has 1 heterocycles. The van der Waals surface area contributed by atoms with Crippen LogP contribution in [0, 0.1) is 5.92 Å². The molecule has 4 rings (SSSR count). The van der Waals surface area contributed by atoms with Gasteiger partial charge in [0.15, 0.2) is 0 Å². The molecule has 1 saturated carbocycles. The molecule has 0 radical (unpaired) electrons. The maximum Gasteiger partial charge on any atom is 0.257 e. The van der Waals surface area contributed by atoms with Crippen LogP contribution in [0.5, 0.6) is 0 Å². The summed E-state index contributed by atoms with van der Waals surface area (Å²) in [5, 5.41) is 0.539. The number of hydrogen-bond acceptors (Lipinski definition) is 3. The summed E-state index contributed by atoms with van der Waals surface area (Å²) >= 11 is 9.63. The standard InChI is InChI=1S/C21H18BrClN2O3/c22-15-7-9-16(10-8-15)25-19(26)11-18(21(25)28)24(20(27)13-5-6-13)12-14-3-1-2-4-17(14)23/h1-4,7-10,13,18H,5-6,11-12H2. The van der Waals surface area contributed by atoms with Crippen LogP contribution in [-0.4, -0.2) is 28.7 Å². The molecule has 1 aliphatic heterocycles. The second-order valence-electron chi connectivity index (χ2n) is 7.10. The summed E-state index contributed by atoms with van der Waals surface area (Å²) < 4.78 is 0.858. The minimum atomic E-state index is -0.805. The zero-order valence-electron chi connectivity index (χ0n) is 15.0. The average Bonchev–Trinajstić information content (AvgIpc) is 3.48. The van der Waals surface area contributed by atoms with E-state index < -0.39 is 6.04 Å². The molecule has 0 N–H and O–H groups in total. The van der Waals surface area contributed by atoms with E-state index >= 15 is 0 Å². The van der Waals surface area contributed by atoms with Crippen LogP contribution in [0.25, 0.3) is 0 Å². The van der Waals surface area contributed by atoms with Gasteiger partial charge >= 0.3 is 0 Å². The van der Waals surface area contributed by atoms with Crippen molar-refractivity contribution in [3.8, 4) is 0 Å². The van der Waals surface area contributed by atoms with Crippen LogP contribution in [0.1, 0.15) is 24.8 Å². The third-order valence-corrected chi connectivity index (χ3v) is 5.99. The first-order valence-corrected chi connectivity index (χ1v) is 10.3. The van der Waals surface area contributed by atoms with Crippen molar-refractivity contribution in [1.29, 1.82) is 0 Å². The van der Waals surface area contributed by atoms with Gasteiger partial charge in [-0.1, -0.05) is 45.7 Å². The van der Waals surface area contributed by atoms with E-state index in [0.717, 1.165) is 22.9 Å². The van der Waals surface area contributed by atoms with Crippen molar-refractivity contribution >= 4 is 50.9 Å². The molecule has 28 heavy (non-hydrogen) atoms. The fraction of sp³-hybridized carbons (Fsp3) is 0.286. The predicted octanol–water partition coefficient (Wildman–Crippen LogP) is 4.17. The molecule has 1 aliphatic carbocycles. The Kier molecular flexibility index (Phi) is 5.25. The van der Waals surface area contributed by atoms with Crippen LogP contribution in [0.3, 0.4) is 0 Å². The van der Waals surface area contributed by atoms with Gasteiger partial charge in [-0.25, -0.2) is 4.90 Å². The van der Waals surface area contributed by atoms with E-state index in [1.165, 1.54) is 9.80 Å². The Morgan fingerprint density at radius 2 is 1.79 bits per heavy atom. The fourth-order valence-corrected chi connectivity index (χ4v) is 3.90. The highest BCUT2D eigenvalue weighted by atomic mass is 79.9. The van der Waals surface area contributed by atoms with E-state index in [9.17, 15) is 14.4 Å². The van der Waals surface area contributed by atoms with Gasteiger partial charge in [-0.2, -0.15) is 0 Å². The normalized spacial score (nSPS) is 19.2. The molecular formula is C21H18BrClN2O3. The van der Waals surface area contributed by atoms with Gasteiger partial charge in [0.1, 0.15) is 6.04 Å². The van der Waals surface area contributed by atoms with Crippen molar-refractivity contribution in [2.75, 3.05) is 4.90 Å². The maximum absolute atomic E-state index is 13.1. The summed E-state index contributed by atoms with van der Waals surface area (Å²) in [5.74, 6) is -0.811. The molecule has 2 fully saturated rings. The van der Waals surface area contributed by atoms with Crippen molar-refractivity contribution < 1.29 is 14.4 Å². The predicted molar refractivity (Wildman–Crippen MR) is 110 cm³/mol. The fourth-order valence-electron chi connectivity index (χ4n) is 3.44. The van der Waals surface area contributed by atoms with Crippen LogP contribution in [0.15, 0.2) is 53.0 Å². The minimum absolute atomic E-state index is 0.0161. The van der Waals surface area contributed by atoms with Gasteiger partial charge < -0.3 is 4.90 Å². The van der Waals surface area contributed by atoms with Gasteiger partial charge in [0.05, 0.1) is 12.1 Å². The lowest BCUT2D eigenvalue weighted by Gasteiger charge is -2.28. The van der Waals surface area contributed by atoms with Crippen LogP contribution >= 0.6 is 27.5 Å². The SMILES string of the molecule is O=C1CC(N(Cc2ccccc2Cl)C(=O)C2CC2)C(=O)N1c1ccc(Br)cc1. The third kappa shape index (κ3) is 3.71. The quantitative estimate of drug-likeness (QED) is 0.628. The molecule has 0 bridgehead atoms. The average molecular weight is 462 g/mol. The smallest absolute Gasteiger partial charge is 0.257 e. The first-order valence-electron chi connectivity index (χ1n) is 9.12. The molecule has 3 amide bonds. The first kappa shape index (κ1) is 19.2. The second kappa shape index (κ2) is 7.68. The monoisotopic (exact) mass is 460 g/mol. The van der Waals surface area contributed by atoms with Gasteiger partial charge in [0, 0.05) is 22.0 Å². The van der Waals surface area contributed by atoms with E-state index in [-0.39, 0.29) is 36.6 Å². The van der Waals surface area contributed by atoms with Gasteiger partial charge in [-0.3, -0.25) is 14.4 Å². The molecule has 7 heteroatoms. The zero-order valence-corrected chi connectivity index (χ0v) is 17.3. The molecule has 1 atom stereocenters. The molecule has 2 aromatic carbocycles. The van der Waals surface area contributed by atoms with Crippen molar-refractivity contribution in [2.45, 2.75) is 31.8 Å². The lowest BCUT2D eigenvalue weighted by molar-refractivity contribution is -0.140.